The number of urea groups is 1. The number of sulfone groups is 1. The fourth-order valence-electron chi connectivity index (χ4n) is 2.87. The van der Waals surface area contributed by atoms with Gasteiger partial charge in [0.05, 0.1) is 11.0 Å². The monoisotopic (exact) mass is 302 g/mol. The molecule has 1 saturated heterocycles. The molecule has 2 rings (SSSR count). The van der Waals surface area contributed by atoms with E-state index in [1.165, 1.54) is 0 Å². The van der Waals surface area contributed by atoms with Gasteiger partial charge in [-0.05, 0) is 19.3 Å². The van der Waals surface area contributed by atoms with Crippen LogP contribution in [0.3, 0.4) is 0 Å². The normalized spacial score (nSPS) is 25.1. The van der Waals surface area contributed by atoms with Crippen LogP contribution in [0, 0.1) is 0 Å². The molecule has 1 atom stereocenters. The van der Waals surface area contributed by atoms with Crippen LogP contribution in [0.5, 0.6) is 0 Å². The number of imide groups is 1. The average Bonchev–Trinajstić information content (AvgIpc) is 2.72. The van der Waals surface area contributed by atoms with Crippen molar-refractivity contribution in [1.82, 2.24) is 10.2 Å². The highest BCUT2D eigenvalue weighted by molar-refractivity contribution is 7.92. The third-order valence-corrected chi connectivity index (χ3v) is 6.41. The van der Waals surface area contributed by atoms with Gasteiger partial charge < -0.3 is 5.32 Å². The molecular weight excluding hydrogens is 280 g/mol. The molecule has 1 unspecified atom stereocenters. The third-order valence-electron chi connectivity index (χ3n) is 4.17. The molecule has 0 aromatic carbocycles. The largest absolute Gasteiger partial charge is 0.326 e. The van der Waals surface area contributed by atoms with E-state index in [2.05, 4.69) is 5.32 Å². The molecule has 2 aliphatic rings. The number of rotatable bonds is 5. The molecule has 7 heteroatoms. The van der Waals surface area contributed by atoms with Gasteiger partial charge in [0.15, 0.2) is 9.84 Å². The Morgan fingerprint density at radius 3 is 2.40 bits per heavy atom. The molecule has 114 valence electrons. The second kappa shape index (κ2) is 6.11. The lowest BCUT2D eigenvalue weighted by Crippen LogP contribution is -2.38. The molecule has 1 N–H and O–H groups in total. The minimum atomic E-state index is -3.22. The molecule has 1 saturated carbocycles. The van der Waals surface area contributed by atoms with Crippen LogP contribution in [-0.4, -0.2) is 48.8 Å². The smallest absolute Gasteiger partial charge is 0.324 e. The van der Waals surface area contributed by atoms with Crippen molar-refractivity contribution in [2.75, 3.05) is 12.3 Å². The molecule has 1 aliphatic heterocycles. The average molecular weight is 302 g/mol. The summed E-state index contributed by atoms with van der Waals surface area (Å²) < 4.78 is 24.5. The first kappa shape index (κ1) is 15.3. The zero-order valence-electron chi connectivity index (χ0n) is 11.8. The number of nitrogens with one attached hydrogen (secondary N) is 1. The zero-order valence-corrected chi connectivity index (χ0v) is 12.6. The molecule has 3 amide bonds. The van der Waals surface area contributed by atoms with Crippen LogP contribution < -0.4 is 5.32 Å². The van der Waals surface area contributed by atoms with Gasteiger partial charge >= 0.3 is 6.03 Å². The quantitative estimate of drug-likeness (QED) is 0.770. The van der Waals surface area contributed by atoms with Crippen molar-refractivity contribution >= 4 is 21.8 Å². The standard InChI is InChI=1S/C13H22N2O4S/c1-2-11-12(16)15(13(17)14-11)8-9-20(18,19)10-6-4-3-5-7-10/h10-11H,2-9H2,1H3,(H,14,17). The SMILES string of the molecule is CCC1NC(=O)N(CCS(=O)(=O)C2CCCCC2)C1=O. The highest BCUT2D eigenvalue weighted by atomic mass is 32.2. The van der Waals surface area contributed by atoms with Crippen LogP contribution in [0.25, 0.3) is 0 Å². The van der Waals surface area contributed by atoms with Crippen LogP contribution in [0.2, 0.25) is 0 Å². The van der Waals surface area contributed by atoms with E-state index in [0.717, 1.165) is 24.2 Å². The van der Waals surface area contributed by atoms with Crippen LogP contribution in [-0.2, 0) is 14.6 Å². The van der Waals surface area contributed by atoms with E-state index in [9.17, 15) is 18.0 Å². The van der Waals surface area contributed by atoms with Crippen LogP contribution in [0.15, 0.2) is 0 Å². The molecule has 6 nitrogen and oxygen atoms in total. The highest BCUT2D eigenvalue weighted by Crippen LogP contribution is 2.24. The first-order chi connectivity index (χ1) is 9.45. The molecule has 20 heavy (non-hydrogen) atoms. The Balaban J connectivity index is 1.94. The van der Waals surface area contributed by atoms with Gasteiger partial charge in [-0.3, -0.25) is 9.69 Å². The molecule has 0 spiro atoms. The topological polar surface area (TPSA) is 83.6 Å². The molecule has 1 aliphatic carbocycles. The summed E-state index contributed by atoms with van der Waals surface area (Å²) in [4.78, 5) is 24.6. The van der Waals surface area contributed by atoms with Gasteiger partial charge in [-0.15, -0.1) is 0 Å². The maximum atomic E-state index is 12.2. The van der Waals surface area contributed by atoms with E-state index in [4.69, 9.17) is 0 Å². The third kappa shape index (κ3) is 3.13. The van der Waals surface area contributed by atoms with Crippen LogP contribution in [0.1, 0.15) is 45.4 Å². The Kier molecular flexibility index (Phi) is 4.67. The Morgan fingerprint density at radius 2 is 1.85 bits per heavy atom. The van der Waals surface area contributed by atoms with Crippen molar-refractivity contribution in [2.24, 2.45) is 0 Å². The summed E-state index contributed by atoms with van der Waals surface area (Å²) in [6.07, 6.45) is 4.93. The lowest BCUT2D eigenvalue weighted by atomic mass is 10.0. The van der Waals surface area contributed by atoms with Crippen molar-refractivity contribution in [3.05, 3.63) is 0 Å². The fraction of sp³-hybridized carbons (Fsp3) is 0.846. The Bertz CT molecular complexity index is 483. The molecule has 0 aromatic rings. The number of hydrogen-bond donors (Lipinski definition) is 1. The van der Waals surface area contributed by atoms with Crippen molar-refractivity contribution in [1.29, 1.82) is 0 Å². The maximum absolute atomic E-state index is 12.2. The summed E-state index contributed by atoms with van der Waals surface area (Å²) in [5.41, 5.74) is 0. The van der Waals surface area contributed by atoms with Crippen molar-refractivity contribution in [2.45, 2.75) is 56.7 Å². The van der Waals surface area contributed by atoms with E-state index in [0.29, 0.717) is 19.3 Å². The Labute approximate surface area is 119 Å². The van der Waals surface area contributed by atoms with E-state index < -0.39 is 21.9 Å². The summed E-state index contributed by atoms with van der Waals surface area (Å²) in [6.45, 7) is 1.78. The van der Waals surface area contributed by atoms with E-state index in [1.54, 1.807) is 0 Å². The Hall–Kier alpha value is -1.11. The van der Waals surface area contributed by atoms with Gasteiger partial charge in [-0.25, -0.2) is 13.2 Å². The summed E-state index contributed by atoms with van der Waals surface area (Å²) >= 11 is 0. The molecule has 2 fully saturated rings. The first-order valence-electron chi connectivity index (χ1n) is 7.29. The predicted octanol–water partition coefficient (Wildman–Crippen LogP) is 1.06. The second-order valence-corrected chi connectivity index (χ2v) is 7.93. The number of carbonyl (C=O) groups excluding carboxylic acids is 2. The lowest BCUT2D eigenvalue weighted by molar-refractivity contribution is -0.127. The summed E-state index contributed by atoms with van der Waals surface area (Å²) in [5.74, 6) is -0.427. The van der Waals surface area contributed by atoms with Crippen molar-refractivity contribution in [3.63, 3.8) is 0 Å². The highest BCUT2D eigenvalue weighted by Gasteiger charge is 2.38. The second-order valence-electron chi connectivity index (χ2n) is 5.53. The number of hydrogen-bond acceptors (Lipinski definition) is 4. The number of amides is 3. The summed E-state index contributed by atoms with van der Waals surface area (Å²) in [7, 11) is -3.22. The van der Waals surface area contributed by atoms with E-state index >= 15 is 0 Å². The molecular formula is C13H22N2O4S. The minimum absolute atomic E-state index is 0.0278. The van der Waals surface area contributed by atoms with Crippen molar-refractivity contribution in [3.8, 4) is 0 Å². The number of nitrogens with zero attached hydrogens (tertiary/aromatic N) is 1. The first-order valence-corrected chi connectivity index (χ1v) is 9.00. The van der Waals surface area contributed by atoms with Gasteiger partial charge in [-0.1, -0.05) is 26.2 Å². The van der Waals surface area contributed by atoms with E-state index in [-0.39, 0.29) is 23.5 Å². The van der Waals surface area contributed by atoms with Gasteiger partial charge in [0, 0.05) is 6.54 Å². The molecule has 1 heterocycles. The minimum Gasteiger partial charge on any atom is -0.326 e. The fourth-order valence-corrected chi connectivity index (χ4v) is 4.70. The Morgan fingerprint density at radius 1 is 1.20 bits per heavy atom. The van der Waals surface area contributed by atoms with Crippen LogP contribution in [0.4, 0.5) is 4.79 Å². The molecule has 0 bridgehead atoms. The lowest BCUT2D eigenvalue weighted by Gasteiger charge is -2.22. The van der Waals surface area contributed by atoms with Crippen molar-refractivity contribution < 1.29 is 18.0 Å². The van der Waals surface area contributed by atoms with E-state index in [1.807, 2.05) is 6.92 Å². The zero-order chi connectivity index (χ0) is 14.8. The predicted molar refractivity (Wildman–Crippen MR) is 75.0 cm³/mol. The van der Waals surface area contributed by atoms with Gasteiger partial charge in [0.2, 0.25) is 0 Å². The van der Waals surface area contributed by atoms with Gasteiger partial charge in [-0.2, -0.15) is 0 Å². The summed E-state index contributed by atoms with van der Waals surface area (Å²) in [5, 5.41) is 2.27. The van der Waals surface area contributed by atoms with Gasteiger partial charge in [0.25, 0.3) is 5.91 Å². The number of carbonyl (C=O) groups is 2. The molecule has 0 aromatic heterocycles. The van der Waals surface area contributed by atoms with Crippen LogP contribution >= 0.6 is 0 Å². The maximum Gasteiger partial charge on any atom is 0.324 e. The summed E-state index contributed by atoms with van der Waals surface area (Å²) in [6, 6.07) is -0.972. The molecule has 0 radical (unpaired) electrons. The van der Waals surface area contributed by atoms with Gasteiger partial charge in [0.1, 0.15) is 6.04 Å².